The number of dihydropyridines is 1. The molecule has 6 nitrogen and oxygen atoms in total. The number of allylic oxidation sites excluding steroid dienone is 3. The largest absolute Gasteiger partial charge is 0.468 e. The fourth-order valence-corrected chi connectivity index (χ4v) is 4.76. The lowest BCUT2D eigenvalue weighted by atomic mass is 9.69. The monoisotopic (exact) mass is 475 g/mol. The van der Waals surface area contributed by atoms with Crippen molar-refractivity contribution in [3.8, 4) is 0 Å². The van der Waals surface area contributed by atoms with E-state index in [2.05, 4.69) is 21.2 Å². The zero-order valence-electron chi connectivity index (χ0n) is 17.7. The van der Waals surface area contributed by atoms with Gasteiger partial charge in [0.15, 0.2) is 5.78 Å². The molecular formula is C23H26BrNO5. The Kier molecular flexibility index (Phi) is 6.50. The predicted octanol–water partition coefficient (Wildman–Crippen LogP) is 4.01. The number of nitrogens with one attached hydrogen (secondary N) is 1. The summed E-state index contributed by atoms with van der Waals surface area (Å²) in [6.07, 6.45) is 0.198. The Bertz CT molecular complexity index is 962. The van der Waals surface area contributed by atoms with Crippen molar-refractivity contribution in [2.45, 2.75) is 46.1 Å². The molecule has 1 N–H and O–H groups in total. The van der Waals surface area contributed by atoms with Crippen LogP contribution in [-0.2, 0) is 23.9 Å². The molecule has 0 bridgehead atoms. The van der Waals surface area contributed by atoms with Crippen molar-refractivity contribution in [1.29, 1.82) is 0 Å². The minimum atomic E-state index is -0.902. The van der Waals surface area contributed by atoms with Crippen LogP contribution in [-0.4, -0.2) is 30.9 Å². The van der Waals surface area contributed by atoms with Crippen LogP contribution in [0.1, 0.15) is 45.6 Å². The van der Waals surface area contributed by atoms with E-state index in [1.807, 2.05) is 38.1 Å². The molecule has 3 atom stereocenters. The highest BCUT2D eigenvalue weighted by Crippen LogP contribution is 2.47. The van der Waals surface area contributed by atoms with Gasteiger partial charge in [-0.3, -0.25) is 9.59 Å². The average molecular weight is 476 g/mol. The maximum Gasteiger partial charge on any atom is 0.337 e. The quantitative estimate of drug-likeness (QED) is 0.523. The lowest BCUT2D eigenvalue weighted by Gasteiger charge is -2.38. The molecule has 0 aromatic heterocycles. The van der Waals surface area contributed by atoms with E-state index in [4.69, 9.17) is 9.47 Å². The fourth-order valence-electron chi connectivity index (χ4n) is 4.25. The van der Waals surface area contributed by atoms with Gasteiger partial charge in [0.1, 0.15) is 5.92 Å². The van der Waals surface area contributed by atoms with Crippen LogP contribution in [0.3, 0.4) is 0 Å². The lowest BCUT2D eigenvalue weighted by molar-refractivity contribution is -0.151. The SMILES string of the molecule is COC(=O)[C@H]1C(=O)C2=C(C[C@H]1C)NC(C)=C(C(=O)OC(C)C)[C@@H]2c1ccccc1Br. The Hall–Kier alpha value is -2.41. The van der Waals surface area contributed by atoms with E-state index in [0.717, 1.165) is 15.7 Å². The van der Waals surface area contributed by atoms with E-state index in [-0.39, 0.29) is 17.8 Å². The van der Waals surface area contributed by atoms with E-state index < -0.39 is 23.8 Å². The molecule has 2 aliphatic rings. The smallest absolute Gasteiger partial charge is 0.337 e. The van der Waals surface area contributed by atoms with Crippen LogP contribution in [0.4, 0.5) is 0 Å². The Morgan fingerprint density at radius 1 is 1.23 bits per heavy atom. The highest BCUT2D eigenvalue weighted by Gasteiger charge is 2.47. The van der Waals surface area contributed by atoms with Crippen molar-refractivity contribution in [2.75, 3.05) is 7.11 Å². The second-order valence-electron chi connectivity index (χ2n) is 8.01. The highest BCUT2D eigenvalue weighted by molar-refractivity contribution is 9.10. The number of hydrogen-bond acceptors (Lipinski definition) is 6. The summed E-state index contributed by atoms with van der Waals surface area (Å²) in [6, 6.07) is 7.47. The van der Waals surface area contributed by atoms with Crippen molar-refractivity contribution < 1.29 is 23.9 Å². The molecule has 0 saturated carbocycles. The molecule has 1 aliphatic heterocycles. The van der Waals surface area contributed by atoms with Gasteiger partial charge in [-0.15, -0.1) is 0 Å². The first-order valence-electron chi connectivity index (χ1n) is 9.95. The van der Waals surface area contributed by atoms with Gasteiger partial charge in [0.05, 0.1) is 18.8 Å². The Labute approximate surface area is 184 Å². The molecule has 3 rings (SSSR count). The maximum absolute atomic E-state index is 13.6. The lowest BCUT2D eigenvalue weighted by Crippen LogP contribution is -2.43. The number of methoxy groups -OCH3 is 1. The predicted molar refractivity (Wildman–Crippen MR) is 115 cm³/mol. The topological polar surface area (TPSA) is 81.7 Å². The van der Waals surface area contributed by atoms with Crippen LogP contribution in [0.5, 0.6) is 0 Å². The zero-order chi connectivity index (χ0) is 22.2. The molecule has 1 aromatic rings. The van der Waals surface area contributed by atoms with Gasteiger partial charge in [0.25, 0.3) is 0 Å². The number of ether oxygens (including phenoxy) is 2. The minimum Gasteiger partial charge on any atom is -0.468 e. The number of carbonyl (C=O) groups is 3. The summed E-state index contributed by atoms with van der Waals surface area (Å²) < 4.78 is 11.2. The Morgan fingerprint density at radius 3 is 2.50 bits per heavy atom. The number of rotatable bonds is 4. The molecular weight excluding hydrogens is 450 g/mol. The van der Waals surface area contributed by atoms with E-state index >= 15 is 0 Å². The van der Waals surface area contributed by atoms with Gasteiger partial charge in [0, 0.05) is 27.4 Å². The molecule has 1 heterocycles. The summed E-state index contributed by atoms with van der Waals surface area (Å²) in [7, 11) is 1.28. The normalized spacial score (nSPS) is 23.8. The van der Waals surface area contributed by atoms with Crippen molar-refractivity contribution in [3.05, 3.63) is 56.8 Å². The summed E-state index contributed by atoms with van der Waals surface area (Å²) in [5.74, 6) is -3.11. The molecule has 0 fully saturated rings. The number of esters is 2. The number of hydrogen-bond donors (Lipinski definition) is 1. The van der Waals surface area contributed by atoms with Gasteiger partial charge in [-0.05, 0) is 44.7 Å². The fraction of sp³-hybridized carbons (Fsp3) is 0.435. The van der Waals surface area contributed by atoms with Gasteiger partial charge >= 0.3 is 11.9 Å². The third kappa shape index (κ3) is 3.95. The van der Waals surface area contributed by atoms with E-state index in [0.29, 0.717) is 23.3 Å². The molecule has 0 unspecified atom stereocenters. The van der Waals surface area contributed by atoms with Crippen LogP contribution in [0.2, 0.25) is 0 Å². The van der Waals surface area contributed by atoms with Gasteiger partial charge in [-0.1, -0.05) is 41.1 Å². The summed E-state index contributed by atoms with van der Waals surface area (Å²) >= 11 is 3.56. The molecule has 1 aromatic carbocycles. The van der Waals surface area contributed by atoms with E-state index in [9.17, 15) is 14.4 Å². The second kappa shape index (κ2) is 8.76. The third-order valence-corrected chi connectivity index (χ3v) is 6.24. The van der Waals surface area contributed by atoms with Crippen molar-refractivity contribution in [1.82, 2.24) is 5.32 Å². The molecule has 30 heavy (non-hydrogen) atoms. The number of benzene rings is 1. The first kappa shape index (κ1) is 22.3. The molecule has 0 amide bonds. The third-order valence-electron chi connectivity index (χ3n) is 5.52. The Balaban J connectivity index is 2.21. The second-order valence-corrected chi connectivity index (χ2v) is 8.87. The van der Waals surface area contributed by atoms with Crippen LogP contribution in [0.15, 0.2) is 51.3 Å². The van der Waals surface area contributed by atoms with E-state index in [1.54, 1.807) is 13.8 Å². The van der Waals surface area contributed by atoms with Crippen LogP contribution < -0.4 is 5.32 Å². The summed E-state index contributed by atoms with van der Waals surface area (Å²) in [6.45, 7) is 7.23. The molecule has 160 valence electrons. The molecule has 0 radical (unpaired) electrons. The van der Waals surface area contributed by atoms with E-state index in [1.165, 1.54) is 7.11 Å². The van der Waals surface area contributed by atoms with Crippen LogP contribution in [0, 0.1) is 11.8 Å². The summed E-state index contributed by atoms with van der Waals surface area (Å²) in [4.78, 5) is 39.0. The Morgan fingerprint density at radius 2 is 1.90 bits per heavy atom. The maximum atomic E-state index is 13.6. The summed E-state index contributed by atoms with van der Waals surface area (Å²) in [5.41, 5.74) is 2.97. The van der Waals surface area contributed by atoms with Crippen molar-refractivity contribution in [3.63, 3.8) is 0 Å². The molecule has 0 saturated heterocycles. The van der Waals surface area contributed by atoms with Crippen molar-refractivity contribution in [2.24, 2.45) is 11.8 Å². The number of halogens is 1. The molecule has 0 spiro atoms. The van der Waals surface area contributed by atoms with Gasteiger partial charge in [-0.2, -0.15) is 0 Å². The van der Waals surface area contributed by atoms with Crippen molar-refractivity contribution >= 4 is 33.7 Å². The highest BCUT2D eigenvalue weighted by atomic mass is 79.9. The van der Waals surface area contributed by atoms with Gasteiger partial charge in [0.2, 0.25) is 0 Å². The first-order chi connectivity index (χ1) is 14.2. The van der Waals surface area contributed by atoms with Gasteiger partial charge in [-0.25, -0.2) is 4.79 Å². The van der Waals surface area contributed by atoms with Crippen LogP contribution in [0.25, 0.3) is 0 Å². The zero-order valence-corrected chi connectivity index (χ0v) is 19.3. The average Bonchev–Trinajstić information content (AvgIpc) is 2.66. The number of Topliss-reactive ketones (excluding diaryl/α,β-unsaturated/α-hetero) is 1. The molecule has 1 aliphatic carbocycles. The summed E-state index contributed by atoms with van der Waals surface area (Å²) in [5, 5.41) is 3.25. The first-order valence-corrected chi connectivity index (χ1v) is 10.7. The minimum absolute atomic E-state index is 0.215. The standard InChI is InChI=1S/C23H26BrNO5/c1-11(2)30-23(28)18-13(4)25-16-10-12(3)17(22(27)29-5)21(26)20(16)19(18)14-8-6-7-9-15(14)24/h6-9,11-12,17,19,25H,10H2,1-5H3/t12-,17-,19+/m1/s1. The number of ketones is 1. The van der Waals surface area contributed by atoms with Gasteiger partial charge < -0.3 is 14.8 Å². The number of carbonyl (C=O) groups excluding carboxylic acids is 3. The molecule has 7 heteroatoms. The van der Waals surface area contributed by atoms with Crippen LogP contribution >= 0.6 is 15.9 Å².